The van der Waals surface area contributed by atoms with Gasteiger partial charge < -0.3 is 10.6 Å². The highest BCUT2D eigenvalue weighted by atomic mass is 32.1. The van der Waals surface area contributed by atoms with Gasteiger partial charge in [-0.1, -0.05) is 6.07 Å². The summed E-state index contributed by atoms with van der Waals surface area (Å²) in [4.78, 5) is 8.40. The maximum Gasteiger partial charge on any atom is 0.416 e. The Hall–Kier alpha value is -2.16. The molecule has 0 saturated heterocycles. The van der Waals surface area contributed by atoms with Gasteiger partial charge in [0, 0.05) is 31.2 Å². The number of hydrogen-bond donors (Lipinski definition) is 2. The zero-order valence-electron chi connectivity index (χ0n) is 15.2. The maximum atomic E-state index is 13.1. The number of nitrogens with one attached hydrogen (secondary N) is 2. The molecular formula is C18H22F4N4S. The normalized spacial score (nSPS) is 12.3. The van der Waals surface area contributed by atoms with Crippen LogP contribution < -0.4 is 10.6 Å². The highest BCUT2D eigenvalue weighted by Gasteiger charge is 2.33. The van der Waals surface area contributed by atoms with Crippen molar-refractivity contribution in [1.29, 1.82) is 0 Å². The van der Waals surface area contributed by atoms with Crippen molar-refractivity contribution in [2.24, 2.45) is 4.99 Å². The fraction of sp³-hybridized carbons (Fsp3) is 0.444. The van der Waals surface area contributed by atoms with Crippen LogP contribution in [0, 0.1) is 12.7 Å². The third-order valence-corrected chi connectivity index (χ3v) is 4.85. The van der Waals surface area contributed by atoms with Gasteiger partial charge in [0.25, 0.3) is 0 Å². The zero-order chi connectivity index (χ0) is 19.9. The molecule has 1 aromatic heterocycles. The summed E-state index contributed by atoms with van der Waals surface area (Å²) in [5.41, 5.74) is 0.00642. The number of alkyl halides is 3. The predicted octanol–water partition coefficient (Wildman–Crippen LogP) is 4.30. The topological polar surface area (TPSA) is 49.3 Å². The molecule has 0 atom stereocenters. The molecule has 0 amide bonds. The number of unbranched alkanes of at least 4 members (excludes halogenated alkanes) is 1. The standard InChI is InChI=1S/C18H22F4N4S/c1-12-11-27-16(26-12)5-3-4-8-24-17(23-2)25-10-13-6-7-14(19)9-15(13)18(20,21)22/h6-7,9,11H,3-5,8,10H2,1-2H3,(H2,23,24,25). The van der Waals surface area contributed by atoms with Crippen molar-refractivity contribution >= 4 is 17.3 Å². The van der Waals surface area contributed by atoms with Gasteiger partial charge in [-0.15, -0.1) is 11.3 Å². The minimum atomic E-state index is -4.61. The first-order valence-corrected chi connectivity index (χ1v) is 9.38. The van der Waals surface area contributed by atoms with Gasteiger partial charge in [0.1, 0.15) is 5.82 Å². The number of nitrogens with zero attached hydrogens (tertiary/aromatic N) is 2. The second kappa shape index (κ2) is 9.68. The van der Waals surface area contributed by atoms with Crippen molar-refractivity contribution in [1.82, 2.24) is 15.6 Å². The van der Waals surface area contributed by atoms with Crippen LogP contribution in [0.3, 0.4) is 0 Å². The lowest BCUT2D eigenvalue weighted by Gasteiger charge is -2.16. The van der Waals surface area contributed by atoms with Gasteiger partial charge in [0.15, 0.2) is 5.96 Å². The molecule has 0 bridgehead atoms. The van der Waals surface area contributed by atoms with E-state index >= 15 is 0 Å². The number of aromatic nitrogens is 1. The molecule has 0 unspecified atom stereocenters. The number of thiazole rings is 1. The van der Waals surface area contributed by atoms with E-state index in [0.717, 1.165) is 42.1 Å². The van der Waals surface area contributed by atoms with Crippen LogP contribution in [0.25, 0.3) is 0 Å². The van der Waals surface area contributed by atoms with Gasteiger partial charge >= 0.3 is 6.18 Å². The van der Waals surface area contributed by atoms with Crippen molar-refractivity contribution in [3.8, 4) is 0 Å². The van der Waals surface area contributed by atoms with Crippen LogP contribution in [-0.4, -0.2) is 24.5 Å². The third-order valence-electron chi connectivity index (χ3n) is 3.82. The van der Waals surface area contributed by atoms with E-state index in [2.05, 4.69) is 20.6 Å². The Labute approximate surface area is 159 Å². The summed E-state index contributed by atoms with van der Waals surface area (Å²) in [6.45, 7) is 2.50. The van der Waals surface area contributed by atoms with E-state index in [1.54, 1.807) is 18.4 Å². The molecular weight excluding hydrogens is 380 g/mol. The number of aryl methyl sites for hydroxylation is 2. The molecule has 0 spiro atoms. The number of halogens is 4. The second-order valence-corrected chi connectivity index (χ2v) is 6.93. The summed E-state index contributed by atoms with van der Waals surface area (Å²) in [7, 11) is 1.54. The van der Waals surface area contributed by atoms with Gasteiger partial charge in [0.05, 0.1) is 10.6 Å². The van der Waals surface area contributed by atoms with Crippen molar-refractivity contribution in [2.45, 2.75) is 38.9 Å². The molecule has 0 saturated carbocycles. The predicted molar refractivity (Wildman–Crippen MR) is 99.4 cm³/mol. The Morgan fingerprint density at radius 3 is 2.63 bits per heavy atom. The van der Waals surface area contributed by atoms with Gasteiger partial charge in [0.2, 0.25) is 0 Å². The Morgan fingerprint density at radius 2 is 2.00 bits per heavy atom. The quantitative estimate of drug-likeness (QED) is 0.314. The Kier molecular flexibility index (Phi) is 7.58. The summed E-state index contributed by atoms with van der Waals surface area (Å²) in [5.74, 6) is -0.512. The van der Waals surface area contributed by atoms with Crippen LogP contribution in [0.1, 0.15) is 34.7 Å². The van der Waals surface area contributed by atoms with Gasteiger partial charge in [-0.05, 0) is 43.9 Å². The van der Waals surface area contributed by atoms with Crippen LogP contribution in [-0.2, 0) is 19.1 Å². The zero-order valence-corrected chi connectivity index (χ0v) is 16.0. The number of hydrogen-bond acceptors (Lipinski definition) is 3. The Bertz CT molecular complexity index is 771. The highest BCUT2D eigenvalue weighted by Crippen LogP contribution is 2.32. The highest BCUT2D eigenvalue weighted by molar-refractivity contribution is 7.09. The third kappa shape index (κ3) is 6.82. The van der Waals surface area contributed by atoms with Crippen LogP contribution in [0.5, 0.6) is 0 Å². The summed E-state index contributed by atoms with van der Waals surface area (Å²) in [6.07, 6.45) is -1.88. The van der Waals surface area contributed by atoms with Crippen molar-refractivity contribution in [3.63, 3.8) is 0 Å². The first-order chi connectivity index (χ1) is 12.8. The number of rotatable bonds is 7. The largest absolute Gasteiger partial charge is 0.416 e. The maximum absolute atomic E-state index is 13.1. The lowest BCUT2D eigenvalue weighted by atomic mass is 10.1. The smallest absolute Gasteiger partial charge is 0.356 e. The average Bonchev–Trinajstić information content (AvgIpc) is 3.02. The average molecular weight is 402 g/mol. The van der Waals surface area contributed by atoms with E-state index in [0.29, 0.717) is 18.6 Å². The van der Waals surface area contributed by atoms with Gasteiger partial charge in [-0.2, -0.15) is 13.2 Å². The van der Waals surface area contributed by atoms with E-state index in [4.69, 9.17) is 0 Å². The number of benzene rings is 1. The molecule has 1 aromatic carbocycles. The first kappa shape index (κ1) is 21.1. The molecule has 2 rings (SSSR count). The lowest BCUT2D eigenvalue weighted by Crippen LogP contribution is -2.37. The fourth-order valence-electron chi connectivity index (χ4n) is 2.49. The molecule has 2 aromatic rings. The SMILES string of the molecule is CN=C(NCCCCc1nc(C)cs1)NCc1ccc(F)cc1C(F)(F)F. The molecule has 27 heavy (non-hydrogen) atoms. The minimum absolute atomic E-state index is 0.0361. The van der Waals surface area contributed by atoms with Crippen molar-refractivity contribution in [2.75, 3.05) is 13.6 Å². The molecule has 0 aliphatic heterocycles. The van der Waals surface area contributed by atoms with Crippen molar-refractivity contribution < 1.29 is 17.6 Å². The van der Waals surface area contributed by atoms with Crippen LogP contribution in [0.2, 0.25) is 0 Å². The van der Waals surface area contributed by atoms with Crippen LogP contribution >= 0.6 is 11.3 Å². The van der Waals surface area contributed by atoms with Gasteiger partial charge in [-0.25, -0.2) is 9.37 Å². The van der Waals surface area contributed by atoms with Gasteiger partial charge in [-0.3, -0.25) is 4.99 Å². The molecule has 0 radical (unpaired) electrons. The second-order valence-electron chi connectivity index (χ2n) is 5.99. The number of guanidine groups is 1. The monoisotopic (exact) mass is 402 g/mol. The molecule has 148 valence electrons. The lowest BCUT2D eigenvalue weighted by molar-refractivity contribution is -0.138. The molecule has 9 heteroatoms. The van der Waals surface area contributed by atoms with E-state index in [9.17, 15) is 17.6 Å². The summed E-state index contributed by atoms with van der Waals surface area (Å²) in [5, 5.41) is 9.02. The van der Waals surface area contributed by atoms with E-state index in [-0.39, 0.29) is 12.1 Å². The molecule has 0 fully saturated rings. The summed E-state index contributed by atoms with van der Waals surface area (Å²) in [6, 6.07) is 2.66. The van der Waals surface area contributed by atoms with Crippen LogP contribution in [0.15, 0.2) is 28.6 Å². The first-order valence-electron chi connectivity index (χ1n) is 8.50. The fourth-order valence-corrected chi connectivity index (χ4v) is 3.31. The van der Waals surface area contributed by atoms with Crippen LogP contribution in [0.4, 0.5) is 17.6 Å². The molecule has 1 heterocycles. The molecule has 2 N–H and O–H groups in total. The molecule has 4 nitrogen and oxygen atoms in total. The summed E-state index contributed by atoms with van der Waals surface area (Å²) >= 11 is 1.64. The Morgan fingerprint density at radius 1 is 1.22 bits per heavy atom. The van der Waals surface area contributed by atoms with E-state index < -0.39 is 17.6 Å². The van der Waals surface area contributed by atoms with E-state index in [1.165, 1.54) is 0 Å². The Balaban J connectivity index is 1.79. The molecule has 0 aliphatic rings. The van der Waals surface area contributed by atoms with Crippen molar-refractivity contribution in [3.05, 3.63) is 51.2 Å². The van der Waals surface area contributed by atoms with E-state index in [1.807, 2.05) is 12.3 Å². The summed E-state index contributed by atoms with van der Waals surface area (Å²) < 4.78 is 52.2. The number of aliphatic imine (C=N–C) groups is 1. The minimum Gasteiger partial charge on any atom is -0.356 e. The molecule has 0 aliphatic carbocycles.